The number of amides is 2. The lowest BCUT2D eigenvalue weighted by atomic mass is 10.1. The largest absolute Gasteiger partial charge is 0.416 e. The Bertz CT molecular complexity index is 1410. The van der Waals surface area contributed by atoms with Gasteiger partial charge in [-0.1, -0.05) is 12.1 Å². The third kappa shape index (κ3) is 4.39. The van der Waals surface area contributed by atoms with E-state index in [0.29, 0.717) is 41.4 Å². The lowest BCUT2D eigenvalue weighted by Crippen LogP contribution is -2.42. The predicted molar refractivity (Wildman–Crippen MR) is 129 cm³/mol. The molecule has 0 saturated heterocycles. The SMILES string of the molecule is C[C@@H]1CCNc2ccc(-c3cccc(C(F)(F)F)c3)nc2N1C(=O)Nc1ccc2c(cnn2C)c1. The summed E-state index contributed by atoms with van der Waals surface area (Å²) in [6, 6.07) is 13.4. The van der Waals surface area contributed by atoms with Crippen LogP contribution in [0.25, 0.3) is 22.2 Å². The van der Waals surface area contributed by atoms with E-state index in [1.54, 1.807) is 40.0 Å². The molecule has 2 aromatic carbocycles. The second-order valence-electron chi connectivity index (χ2n) is 8.55. The number of pyridine rings is 1. The maximum atomic E-state index is 13.4. The summed E-state index contributed by atoms with van der Waals surface area (Å²) in [5.41, 5.74) is 2.10. The third-order valence-corrected chi connectivity index (χ3v) is 6.12. The fourth-order valence-electron chi connectivity index (χ4n) is 4.26. The molecule has 2 N–H and O–H groups in total. The van der Waals surface area contributed by atoms with Crippen LogP contribution in [-0.4, -0.2) is 33.4 Å². The molecule has 3 heterocycles. The van der Waals surface area contributed by atoms with Gasteiger partial charge >= 0.3 is 12.2 Å². The first-order valence-electron chi connectivity index (χ1n) is 11.2. The van der Waals surface area contributed by atoms with Gasteiger partial charge in [0.1, 0.15) is 0 Å². The highest BCUT2D eigenvalue weighted by Gasteiger charge is 2.31. The summed E-state index contributed by atoms with van der Waals surface area (Å²) < 4.78 is 41.5. The summed E-state index contributed by atoms with van der Waals surface area (Å²) in [5, 5.41) is 11.3. The van der Waals surface area contributed by atoms with Crippen LogP contribution in [0.4, 0.5) is 35.2 Å². The Labute approximate surface area is 199 Å². The molecule has 180 valence electrons. The van der Waals surface area contributed by atoms with Crippen LogP contribution < -0.4 is 15.5 Å². The van der Waals surface area contributed by atoms with Gasteiger partial charge in [0.15, 0.2) is 5.82 Å². The van der Waals surface area contributed by atoms with Crippen molar-refractivity contribution in [3.8, 4) is 11.3 Å². The summed E-state index contributed by atoms with van der Waals surface area (Å²) in [6.45, 7) is 2.55. The molecule has 0 bridgehead atoms. The van der Waals surface area contributed by atoms with Crippen LogP contribution in [0.15, 0.2) is 60.8 Å². The Morgan fingerprint density at radius 3 is 2.77 bits per heavy atom. The topological polar surface area (TPSA) is 75.1 Å². The first-order chi connectivity index (χ1) is 16.7. The molecule has 0 saturated carbocycles. The molecule has 5 rings (SSSR count). The minimum Gasteiger partial charge on any atom is -0.382 e. The number of aromatic nitrogens is 3. The van der Waals surface area contributed by atoms with Gasteiger partial charge in [0.25, 0.3) is 0 Å². The molecule has 2 amide bonds. The monoisotopic (exact) mass is 480 g/mol. The van der Waals surface area contributed by atoms with Crippen molar-refractivity contribution < 1.29 is 18.0 Å². The van der Waals surface area contributed by atoms with Crippen molar-refractivity contribution >= 4 is 34.1 Å². The van der Waals surface area contributed by atoms with Crippen molar-refractivity contribution in [1.29, 1.82) is 0 Å². The van der Waals surface area contributed by atoms with Crippen LogP contribution in [0, 0.1) is 0 Å². The van der Waals surface area contributed by atoms with Gasteiger partial charge in [-0.3, -0.25) is 9.58 Å². The zero-order valence-electron chi connectivity index (χ0n) is 19.1. The number of benzene rings is 2. The highest BCUT2D eigenvalue weighted by atomic mass is 19.4. The number of fused-ring (bicyclic) bond motifs is 2. The van der Waals surface area contributed by atoms with Crippen LogP contribution in [0.3, 0.4) is 0 Å². The van der Waals surface area contributed by atoms with Gasteiger partial charge in [0.2, 0.25) is 0 Å². The standard InChI is InChI=1S/C25H23F3N6O/c1-15-10-11-29-21-8-7-20(16-4-3-5-18(12-16)25(26,27)28)32-23(21)34(15)24(35)31-19-6-9-22-17(13-19)14-30-33(22)2/h3-9,12-15,29H,10-11H2,1-2H3,(H,31,35)/t15-/m1/s1. The van der Waals surface area contributed by atoms with E-state index in [0.717, 1.165) is 23.0 Å². The summed E-state index contributed by atoms with van der Waals surface area (Å²) in [5.74, 6) is 0.366. The van der Waals surface area contributed by atoms with Crippen LogP contribution in [-0.2, 0) is 13.2 Å². The van der Waals surface area contributed by atoms with Gasteiger partial charge in [-0.25, -0.2) is 9.78 Å². The first kappa shape index (κ1) is 22.7. The Morgan fingerprint density at radius 2 is 1.97 bits per heavy atom. The van der Waals surface area contributed by atoms with Crippen molar-refractivity contribution in [3.05, 3.63) is 66.4 Å². The molecular weight excluding hydrogens is 457 g/mol. The average molecular weight is 480 g/mol. The van der Waals surface area contributed by atoms with E-state index in [-0.39, 0.29) is 12.1 Å². The normalized spacial score (nSPS) is 15.9. The number of anilines is 3. The number of hydrogen-bond acceptors (Lipinski definition) is 4. The number of aryl methyl sites for hydroxylation is 1. The molecular formula is C25H23F3N6O. The Hall–Kier alpha value is -4.08. The smallest absolute Gasteiger partial charge is 0.382 e. The maximum absolute atomic E-state index is 13.4. The van der Waals surface area contributed by atoms with Gasteiger partial charge in [-0.15, -0.1) is 0 Å². The van der Waals surface area contributed by atoms with Crippen molar-refractivity contribution in [2.24, 2.45) is 7.05 Å². The van der Waals surface area contributed by atoms with Gasteiger partial charge < -0.3 is 10.6 Å². The number of nitrogens with zero attached hydrogens (tertiary/aromatic N) is 4. The van der Waals surface area contributed by atoms with Crippen molar-refractivity contribution in [2.45, 2.75) is 25.6 Å². The van der Waals surface area contributed by atoms with E-state index in [1.165, 1.54) is 6.07 Å². The van der Waals surface area contributed by atoms with Gasteiger partial charge in [0.05, 0.1) is 28.7 Å². The minimum absolute atomic E-state index is 0.199. The molecule has 0 spiro atoms. The van der Waals surface area contributed by atoms with Gasteiger partial charge in [-0.2, -0.15) is 18.3 Å². The van der Waals surface area contributed by atoms with Crippen molar-refractivity contribution in [2.75, 3.05) is 22.1 Å². The van der Waals surface area contributed by atoms with Crippen molar-refractivity contribution in [1.82, 2.24) is 14.8 Å². The third-order valence-electron chi connectivity index (χ3n) is 6.12. The van der Waals surface area contributed by atoms with E-state index in [4.69, 9.17) is 0 Å². The number of halogens is 3. The Kier molecular flexibility index (Phi) is 5.58. The fraction of sp³-hybridized carbons (Fsp3) is 0.240. The van der Waals surface area contributed by atoms with E-state index in [9.17, 15) is 18.0 Å². The molecule has 10 heteroatoms. The Morgan fingerprint density at radius 1 is 1.14 bits per heavy atom. The molecule has 1 atom stereocenters. The fourth-order valence-corrected chi connectivity index (χ4v) is 4.26. The molecule has 1 aliphatic heterocycles. The highest BCUT2D eigenvalue weighted by molar-refractivity contribution is 6.04. The summed E-state index contributed by atoms with van der Waals surface area (Å²) in [6.07, 6.45) is -2.06. The van der Waals surface area contributed by atoms with E-state index in [2.05, 4.69) is 20.7 Å². The van der Waals surface area contributed by atoms with Crippen LogP contribution in [0.1, 0.15) is 18.9 Å². The number of urea groups is 1. The highest BCUT2D eigenvalue weighted by Crippen LogP contribution is 2.35. The average Bonchev–Trinajstić information content (AvgIpc) is 3.10. The first-order valence-corrected chi connectivity index (χ1v) is 11.2. The predicted octanol–water partition coefficient (Wildman–Crippen LogP) is 5.90. The van der Waals surface area contributed by atoms with Crippen LogP contribution >= 0.6 is 0 Å². The number of nitrogens with one attached hydrogen (secondary N) is 2. The molecule has 0 fully saturated rings. The number of alkyl halides is 3. The van der Waals surface area contributed by atoms with E-state index < -0.39 is 11.7 Å². The zero-order valence-corrected chi connectivity index (χ0v) is 19.1. The molecule has 2 aromatic heterocycles. The van der Waals surface area contributed by atoms with E-state index >= 15 is 0 Å². The molecule has 0 unspecified atom stereocenters. The summed E-state index contributed by atoms with van der Waals surface area (Å²) >= 11 is 0. The molecule has 4 aromatic rings. The zero-order chi connectivity index (χ0) is 24.7. The lowest BCUT2D eigenvalue weighted by Gasteiger charge is -2.27. The molecule has 7 nitrogen and oxygen atoms in total. The Balaban J connectivity index is 1.50. The number of rotatable bonds is 2. The maximum Gasteiger partial charge on any atom is 0.416 e. The lowest BCUT2D eigenvalue weighted by molar-refractivity contribution is -0.137. The molecule has 0 radical (unpaired) electrons. The van der Waals surface area contributed by atoms with Crippen LogP contribution in [0.2, 0.25) is 0 Å². The number of carbonyl (C=O) groups is 1. The molecule has 0 aliphatic carbocycles. The number of carbonyl (C=O) groups excluding carboxylic acids is 1. The second kappa shape index (κ2) is 8.61. The van der Waals surface area contributed by atoms with E-state index in [1.807, 2.05) is 26.1 Å². The molecule has 1 aliphatic rings. The summed E-state index contributed by atoms with van der Waals surface area (Å²) in [7, 11) is 1.84. The second-order valence-corrected chi connectivity index (χ2v) is 8.55. The van der Waals surface area contributed by atoms with Gasteiger partial charge in [0, 0.05) is 36.3 Å². The minimum atomic E-state index is -4.46. The van der Waals surface area contributed by atoms with Crippen molar-refractivity contribution in [3.63, 3.8) is 0 Å². The summed E-state index contributed by atoms with van der Waals surface area (Å²) in [4.78, 5) is 19.6. The molecule has 35 heavy (non-hydrogen) atoms. The van der Waals surface area contributed by atoms with Crippen LogP contribution in [0.5, 0.6) is 0 Å². The van der Waals surface area contributed by atoms with Gasteiger partial charge in [-0.05, 0) is 55.8 Å². The quantitative estimate of drug-likeness (QED) is 0.375. The number of hydrogen-bond donors (Lipinski definition) is 2.